The third-order valence-corrected chi connectivity index (χ3v) is 4.28. The fourth-order valence-electron chi connectivity index (χ4n) is 1.92. The average Bonchev–Trinajstić information content (AvgIpc) is 2.42. The average molecular weight is 312 g/mol. The van der Waals surface area contributed by atoms with Crippen LogP contribution in [0.1, 0.15) is 18.5 Å². The lowest BCUT2D eigenvalue weighted by atomic mass is 10.1. The molecule has 19 heavy (non-hydrogen) atoms. The molecule has 0 fully saturated rings. The first kappa shape index (κ1) is 14.6. The molecule has 0 amide bonds. The van der Waals surface area contributed by atoms with E-state index in [9.17, 15) is 0 Å². The molecule has 0 bridgehead atoms. The Kier molecular flexibility index (Phi) is 5.03. The van der Waals surface area contributed by atoms with Crippen molar-refractivity contribution in [2.75, 3.05) is 11.6 Å². The maximum Gasteiger partial charge on any atom is 0.0501 e. The summed E-state index contributed by atoms with van der Waals surface area (Å²) >= 11 is 14.0. The Morgan fingerprint density at radius 1 is 1.11 bits per heavy atom. The van der Waals surface area contributed by atoms with E-state index in [0.29, 0.717) is 5.02 Å². The highest BCUT2D eigenvalue weighted by atomic mass is 35.5. The molecule has 1 unspecified atom stereocenters. The van der Waals surface area contributed by atoms with Gasteiger partial charge in [-0.2, -0.15) is 0 Å². The molecule has 1 atom stereocenters. The maximum atomic E-state index is 6.23. The Morgan fingerprint density at radius 3 is 2.58 bits per heavy atom. The van der Waals surface area contributed by atoms with Crippen LogP contribution in [0, 0.1) is 0 Å². The normalized spacial score (nSPS) is 12.2. The molecule has 1 N–H and O–H groups in total. The molecule has 0 saturated heterocycles. The third kappa shape index (κ3) is 3.59. The minimum absolute atomic E-state index is 0.0968. The zero-order valence-corrected chi connectivity index (χ0v) is 13.1. The number of hydrogen-bond donors (Lipinski definition) is 1. The van der Waals surface area contributed by atoms with Crippen molar-refractivity contribution in [1.82, 2.24) is 0 Å². The number of nitrogens with one attached hydrogen (secondary N) is 1. The Morgan fingerprint density at radius 2 is 1.84 bits per heavy atom. The topological polar surface area (TPSA) is 12.0 Å². The van der Waals surface area contributed by atoms with E-state index in [1.54, 1.807) is 17.8 Å². The smallest absolute Gasteiger partial charge is 0.0501 e. The van der Waals surface area contributed by atoms with Crippen LogP contribution in [0.4, 0.5) is 5.69 Å². The number of hydrogen-bond acceptors (Lipinski definition) is 2. The zero-order valence-electron chi connectivity index (χ0n) is 10.8. The van der Waals surface area contributed by atoms with Gasteiger partial charge in [0.25, 0.3) is 0 Å². The number of thioether (sulfide) groups is 1. The van der Waals surface area contributed by atoms with Crippen molar-refractivity contribution in [1.29, 1.82) is 0 Å². The molecule has 100 valence electrons. The van der Waals surface area contributed by atoms with E-state index >= 15 is 0 Å². The summed E-state index contributed by atoms with van der Waals surface area (Å²) in [7, 11) is 0. The van der Waals surface area contributed by atoms with Gasteiger partial charge in [-0.25, -0.2) is 0 Å². The lowest BCUT2D eigenvalue weighted by Gasteiger charge is -2.19. The van der Waals surface area contributed by atoms with Gasteiger partial charge in [-0.15, -0.1) is 11.8 Å². The van der Waals surface area contributed by atoms with Gasteiger partial charge in [0.2, 0.25) is 0 Å². The predicted octanol–water partition coefficient (Wildman–Crippen LogP) is 5.89. The van der Waals surface area contributed by atoms with E-state index in [1.807, 2.05) is 24.3 Å². The van der Waals surface area contributed by atoms with Crippen LogP contribution in [0.15, 0.2) is 47.4 Å². The van der Waals surface area contributed by atoms with Crippen LogP contribution < -0.4 is 5.32 Å². The van der Waals surface area contributed by atoms with Crippen LogP contribution in [-0.2, 0) is 0 Å². The first-order valence-electron chi connectivity index (χ1n) is 5.96. The summed E-state index contributed by atoms with van der Waals surface area (Å²) in [4.78, 5) is 1.22. The van der Waals surface area contributed by atoms with Crippen molar-refractivity contribution in [2.45, 2.75) is 17.9 Å². The van der Waals surface area contributed by atoms with E-state index in [2.05, 4.69) is 30.6 Å². The molecule has 0 radical (unpaired) electrons. The van der Waals surface area contributed by atoms with Crippen molar-refractivity contribution < 1.29 is 0 Å². The highest BCUT2D eigenvalue weighted by Gasteiger charge is 2.11. The molecule has 2 aromatic rings. The van der Waals surface area contributed by atoms with Gasteiger partial charge in [-0.1, -0.05) is 35.3 Å². The molecular formula is C15H15Cl2NS. The quantitative estimate of drug-likeness (QED) is 0.707. The Hall–Kier alpha value is -0.830. The van der Waals surface area contributed by atoms with Crippen molar-refractivity contribution in [3.05, 3.63) is 58.1 Å². The van der Waals surface area contributed by atoms with Crippen LogP contribution in [0.5, 0.6) is 0 Å². The van der Waals surface area contributed by atoms with Gasteiger partial charge in [0.1, 0.15) is 0 Å². The van der Waals surface area contributed by atoms with E-state index in [4.69, 9.17) is 23.2 Å². The Labute approximate surface area is 128 Å². The van der Waals surface area contributed by atoms with Gasteiger partial charge in [0.15, 0.2) is 0 Å². The van der Waals surface area contributed by atoms with Crippen LogP contribution in [0.2, 0.25) is 10.0 Å². The second-order valence-corrected chi connectivity index (χ2v) is 5.92. The molecular weight excluding hydrogens is 297 g/mol. The SMILES string of the molecule is CSc1ccccc1NC(C)c1cc(Cl)ccc1Cl. The van der Waals surface area contributed by atoms with E-state index in [0.717, 1.165) is 16.3 Å². The minimum atomic E-state index is 0.0968. The lowest BCUT2D eigenvalue weighted by molar-refractivity contribution is 0.880. The Balaban J connectivity index is 2.25. The molecule has 0 saturated carbocycles. The molecule has 4 heteroatoms. The molecule has 0 aliphatic rings. The molecule has 0 aromatic heterocycles. The number of halogens is 2. The monoisotopic (exact) mass is 311 g/mol. The fourth-order valence-corrected chi connectivity index (χ4v) is 2.94. The molecule has 0 heterocycles. The number of rotatable bonds is 4. The summed E-state index contributed by atoms with van der Waals surface area (Å²) in [5.74, 6) is 0. The fraction of sp³-hybridized carbons (Fsp3) is 0.200. The van der Waals surface area contributed by atoms with Gasteiger partial charge in [0, 0.05) is 20.6 Å². The van der Waals surface area contributed by atoms with Gasteiger partial charge >= 0.3 is 0 Å². The van der Waals surface area contributed by atoms with Crippen LogP contribution in [0.3, 0.4) is 0 Å². The summed E-state index contributed by atoms with van der Waals surface area (Å²) in [5.41, 5.74) is 2.11. The van der Waals surface area contributed by atoms with E-state index in [1.165, 1.54) is 4.90 Å². The zero-order chi connectivity index (χ0) is 13.8. The number of para-hydroxylation sites is 1. The first-order valence-corrected chi connectivity index (χ1v) is 7.94. The largest absolute Gasteiger partial charge is 0.378 e. The second kappa shape index (κ2) is 6.56. The van der Waals surface area contributed by atoms with Crippen molar-refractivity contribution in [3.8, 4) is 0 Å². The summed E-state index contributed by atoms with van der Waals surface area (Å²) in [6.45, 7) is 2.08. The molecule has 1 nitrogen and oxygen atoms in total. The molecule has 2 rings (SSSR count). The molecule has 2 aromatic carbocycles. The van der Waals surface area contributed by atoms with E-state index < -0.39 is 0 Å². The van der Waals surface area contributed by atoms with Crippen molar-refractivity contribution in [2.24, 2.45) is 0 Å². The highest BCUT2D eigenvalue weighted by Crippen LogP contribution is 2.31. The minimum Gasteiger partial charge on any atom is -0.378 e. The third-order valence-electron chi connectivity index (χ3n) is 2.90. The maximum absolute atomic E-state index is 6.23. The standard InChI is InChI=1S/C15H15Cl2NS/c1-10(12-9-11(16)7-8-13(12)17)18-14-5-3-4-6-15(14)19-2/h3-10,18H,1-2H3. The Bertz CT molecular complexity index is 572. The van der Waals surface area contributed by atoms with Gasteiger partial charge in [-0.05, 0) is 49.1 Å². The number of benzene rings is 2. The second-order valence-electron chi connectivity index (χ2n) is 4.23. The lowest BCUT2D eigenvalue weighted by Crippen LogP contribution is -2.08. The van der Waals surface area contributed by atoms with E-state index in [-0.39, 0.29) is 6.04 Å². The highest BCUT2D eigenvalue weighted by molar-refractivity contribution is 7.98. The molecule has 0 spiro atoms. The summed E-state index contributed by atoms with van der Waals surface area (Å²) < 4.78 is 0. The summed E-state index contributed by atoms with van der Waals surface area (Å²) in [6.07, 6.45) is 2.07. The molecule has 0 aliphatic heterocycles. The van der Waals surface area contributed by atoms with Crippen LogP contribution in [-0.4, -0.2) is 6.26 Å². The van der Waals surface area contributed by atoms with Crippen molar-refractivity contribution >= 4 is 40.7 Å². The summed E-state index contributed by atoms with van der Waals surface area (Å²) in [6, 6.07) is 13.9. The van der Waals surface area contributed by atoms with Crippen LogP contribution in [0.25, 0.3) is 0 Å². The molecule has 0 aliphatic carbocycles. The predicted molar refractivity (Wildman–Crippen MR) is 86.7 cm³/mol. The van der Waals surface area contributed by atoms with Gasteiger partial charge < -0.3 is 5.32 Å². The van der Waals surface area contributed by atoms with Crippen molar-refractivity contribution in [3.63, 3.8) is 0 Å². The first-order chi connectivity index (χ1) is 9.11. The van der Waals surface area contributed by atoms with Gasteiger partial charge in [-0.3, -0.25) is 0 Å². The van der Waals surface area contributed by atoms with Gasteiger partial charge in [0.05, 0.1) is 6.04 Å². The number of anilines is 1. The van der Waals surface area contributed by atoms with Crippen LogP contribution >= 0.6 is 35.0 Å². The summed E-state index contributed by atoms with van der Waals surface area (Å²) in [5, 5.41) is 4.91.